The Kier molecular flexibility index (Phi) is 6.18. The van der Waals surface area contributed by atoms with Gasteiger partial charge in [0.05, 0.1) is 12.2 Å². The smallest absolute Gasteiger partial charge is 0.238 e. The van der Waals surface area contributed by atoms with Crippen LogP contribution < -0.4 is 10.2 Å². The van der Waals surface area contributed by atoms with Crippen molar-refractivity contribution in [2.45, 2.75) is 6.92 Å². The number of hydrogen-bond donors (Lipinski definition) is 1. The van der Waals surface area contributed by atoms with E-state index in [4.69, 9.17) is 0 Å². The summed E-state index contributed by atoms with van der Waals surface area (Å²) < 4.78 is 26.5. The molecule has 3 aromatic rings. The van der Waals surface area contributed by atoms with Crippen molar-refractivity contribution in [3.8, 4) is 11.3 Å². The molecule has 1 aromatic heterocycles. The summed E-state index contributed by atoms with van der Waals surface area (Å²) in [5.41, 5.74) is 2.88. The maximum Gasteiger partial charge on any atom is 0.238 e. The molecule has 160 valence electrons. The molecule has 2 aromatic carbocycles. The van der Waals surface area contributed by atoms with Crippen molar-refractivity contribution in [2.75, 3.05) is 42.9 Å². The Morgan fingerprint density at radius 2 is 1.71 bits per heavy atom. The van der Waals surface area contributed by atoms with Gasteiger partial charge in [-0.15, -0.1) is 10.2 Å². The highest BCUT2D eigenvalue weighted by Crippen LogP contribution is 2.24. The highest BCUT2D eigenvalue weighted by atomic mass is 19.1. The van der Waals surface area contributed by atoms with Gasteiger partial charge in [0, 0.05) is 37.4 Å². The van der Waals surface area contributed by atoms with Gasteiger partial charge in [-0.2, -0.15) is 0 Å². The minimum atomic E-state index is -0.337. The Bertz CT molecular complexity index is 1070. The number of benzene rings is 2. The Morgan fingerprint density at radius 1 is 0.968 bits per heavy atom. The number of amides is 1. The van der Waals surface area contributed by atoms with Gasteiger partial charge in [-0.25, -0.2) is 8.78 Å². The summed E-state index contributed by atoms with van der Waals surface area (Å²) in [7, 11) is 0. The van der Waals surface area contributed by atoms with E-state index in [2.05, 4.69) is 25.3 Å². The van der Waals surface area contributed by atoms with Crippen LogP contribution in [0.2, 0.25) is 0 Å². The molecule has 1 aliphatic rings. The van der Waals surface area contributed by atoms with Gasteiger partial charge in [0.2, 0.25) is 5.91 Å². The number of carbonyl (C=O) groups is 1. The number of rotatable bonds is 5. The molecule has 0 atom stereocenters. The standard InChI is InChI=1S/C23H23F2N5O/c1-16-13-21(17-3-2-4-19(25)14-17)27-28-23(16)30-11-9-29(10-12-30)15-22(31)26-20-7-5-18(24)6-8-20/h2-8,13-14H,9-12,15H2,1H3,(H,26,31). The first kappa shape index (κ1) is 20.9. The number of aromatic nitrogens is 2. The number of nitrogens with one attached hydrogen (secondary N) is 1. The van der Waals surface area contributed by atoms with E-state index >= 15 is 0 Å². The van der Waals surface area contributed by atoms with Crippen LogP contribution >= 0.6 is 0 Å². The third kappa shape index (κ3) is 5.21. The molecule has 1 saturated heterocycles. The molecule has 6 nitrogen and oxygen atoms in total. The molecular formula is C23H23F2N5O. The lowest BCUT2D eigenvalue weighted by Gasteiger charge is -2.35. The topological polar surface area (TPSA) is 61.4 Å². The number of hydrogen-bond acceptors (Lipinski definition) is 5. The number of anilines is 2. The molecule has 8 heteroatoms. The lowest BCUT2D eigenvalue weighted by Crippen LogP contribution is -2.49. The van der Waals surface area contributed by atoms with Crippen LogP contribution in [-0.2, 0) is 4.79 Å². The number of nitrogens with zero attached hydrogens (tertiary/aromatic N) is 4. The minimum Gasteiger partial charge on any atom is -0.352 e. The van der Waals surface area contributed by atoms with Gasteiger partial charge in [0.1, 0.15) is 11.6 Å². The van der Waals surface area contributed by atoms with Crippen molar-refractivity contribution >= 4 is 17.4 Å². The maximum atomic E-state index is 13.5. The van der Waals surface area contributed by atoms with Crippen LogP contribution in [0.25, 0.3) is 11.3 Å². The molecule has 4 rings (SSSR count). The number of aryl methyl sites for hydroxylation is 1. The van der Waals surface area contributed by atoms with Crippen molar-refractivity contribution in [2.24, 2.45) is 0 Å². The van der Waals surface area contributed by atoms with E-state index in [1.165, 1.54) is 24.3 Å². The van der Waals surface area contributed by atoms with Crippen LogP contribution in [0.1, 0.15) is 5.56 Å². The molecular weight excluding hydrogens is 400 g/mol. The summed E-state index contributed by atoms with van der Waals surface area (Å²) in [6.07, 6.45) is 0. The van der Waals surface area contributed by atoms with Crippen LogP contribution in [0.15, 0.2) is 54.6 Å². The maximum absolute atomic E-state index is 13.5. The Morgan fingerprint density at radius 3 is 2.39 bits per heavy atom. The quantitative estimate of drug-likeness (QED) is 0.681. The summed E-state index contributed by atoms with van der Waals surface area (Å²) in [4.78, 5) is 16.5. The lowest BCUT2D eigenvalue weighted by atomic mass is 10.1. The normalized spacial score (nSPS) is 14.5. The second-order valence-corrected chi connectivity index (χ2v) is 7.56. The third-order valence-corrected chi connectivity index (χ3v) is 5.25. The molecule has 1 amide bonds. The van der Waals surface area contributed by atoms with Crippen molar-refractivity contribution in [3.05, 3.63) is 71.8 Å². The Balaban J connectivity index is 1.33. The summed E-state index contributed by atoms with van der Waals surface area (Å²) in [5, 5.41) is 11.4. The van der Waals surface area contributed by atoms with Crippen LogP contribution in [0.3, 0.4) is 0 Å². The molecule has 0 bridgehead atoms. The average Bonchev–Trinajstić information content (AvgIpc) is 2.76. The second kappa shape index (κ2) is 9.18. The van der Waals surface area contributed by atoms with Crippen molar-refractivity contribution in [1.29, 1.82) is 0 Å². The molecule has 1 N–H and O–H groups in total. The zero-order chi connectivity index (χ0) is 21.8. The molecule has 31 heavy (non-hydrogen) atoms. The third-order valence-electron chi connectivity index (χ3n) is 5.25. The van der Waals surface area contributed by atoms with E-state index in [0.29, 0.717) is 30.0 Å². The SMILES string of the molecule is Cc1cc(-c2cccc(F)c2)nnc1N1CCN(CC(=O)Nc2ccc(F)cc2)CC1. The zero-order valence-electron chi connectivity index (χ0n) is 17.2. The van der Waals surface area contributed by atoms with Crippen LogP contribution in [0, 0.1) is 18.6 Å². The van der Waals surface area contributed by atoms with Gasteiger partial charge in [0.15, 0.2) is 5.82 Å². The molecule has 1 aliphatic heterocycles. The number of halogens is 2. The molecule has 1 fully saturated rings. The van der Waals surface area contributed by atoms with Crippen LogP contribution in [-0.4, -0.2) is 53.7 Å². The predicted molar refractivity (Wildman–Crippen MR) is 116 cm³/mol. The Hall–Kier alpha value is -3.39. The highest BCUT2D eigenvalue weighted by molar-refractivity contribution is 5.92. The van der Waals surface area contributed by atoms with Crippen molar-refractivity contribution in [1.82, 2.24) is 15.1 Å². The van der Waals surface area contributed by atoms with Crippen molar-refractivity contribution < 1.29 is 13.6 Å². The largest absolute Gasteiger partial charge is 0.352 e. The van der Waals surface area contributed by atoms with Gasteiger partial charge >= 0.3 is 0 Å². The lowest BCUT2D eigenvalue weighted by molar-refractivity contribution is -0.117. The van der Waals surface area contributed by atoms with E-state index < -0.39 is 0 Å². The minimum absolute atomic E-state index is 0.129. The van der Waals surface area contributed by atoms with Gasteiger partial charge in [-0.1, -0.05) is 12.1 Å². The van der Waals surface area contributed by atoms with Gasteiger partial charge in [-0.3, -0.25) is 9.69 Å². The summed E-state index contributed by atoms with van der Waals surface area (Å²) in [6.45, 7) is 5.11. The second-order valence-electron chi connectivity index (χ2n) is 7.56. The number of piperazine rings is 1. The first-order valence-electron chi connectivity index (χ1n) is 10.1. The highest BCUT2D eigenvalue weighted by Gasteiger charge is 2.21. The van der Waals surface area contributed by atoms with Gasteiger partial charge < -0.3 is 10.2 Å². The molecule has 0 unspecified atom stereocenters. The summed E-state index contributed by atoms with van der Waals surface area (Å²) in [5.74, 6) is 0.0307. The predicted octanol–water partition coefficient (Wildman–Crippen LogP) is 3.49. The van der Waals surface area contributed by atoms with E-state index in [0.717, 1.165) is 24.5 Å². The molecule has 0 radical (unpaired) electrons. The molecule has 0 spiro atoms. The van der Waals surface area contributed by atoms with E-state index in [1.807, 2.05) is 19.1 Å². The summed E-state index contributed by atoms with van der Waals surface area (Å²) in [6, 6.07) is 13.9. The zero-order valence-corrected chi connectivity index (χ0v) is 17.2. The van der Waals surface area contributed by atoms with Gasteiger partial charge in [-0.05, 0) is 55.0 Å². The first-order chi connectivity index (χ1) is 15.0. The summed E-state index contributed by atoms with van der Waals surface area (Å²) >= 11 is 0. The van der Waals surface area contributed by atoms with Crippen LogP contribution in [0.5, 0.6) is 0 Å². The van der Waals surface area contributed by atoms with E-state index in [9.17, 15) is 13.6 Å². The fraction of sp³-hybridized carbons (Fsp3) is 0.261. The molecule has 0 saturated carbocycles. The average molecular weight is 423 g/mol. The van der Waals surface area contributed by atoms with E-state index in [-0.39, 0.29) is 24.1 Å². The molecule has 0 aliphatic carbocycles. The fourth-order valence-electron chi connectivity index (χ4n) is 3.63. The first-order valence-corrected chi connectivity index (χ1v) is 10.1. The van der Waals surface area contributed by atoms with Crippen LogP contribution in [0.4, 0.5) is 20.3 Å². The molecule has 2 heterocycles. The van der Waals surface area contributed by atoms with Crippen molar-refractivity contribution in [3.63, 3.8) is 0 Å². The fourth-order valence-corrected chi connectivity index (χ4v) is 3.63. The number of carbonyl (C=O) groups excluding carboxylic acids is 1. The van der Waals surface area contributed by atoms with E-state index in [1.54, 1.807) is 18.2 Å². The Labute approximate surface area is 179 Å². The monoisotopic (exact) mass is 423 g/mol. The van der Waals surface area contributed by atoms with Gasteiger partial charge in [0.25, 0.3) is 0 Å².